The van der Waals surface area contributed by atoms with Crippen LogP contribution in [0.5, 0.6) is 5.75 Å². The van der Waals surface area contributed by atoms with Gasteiger partial charge in [0.25, 0.3) is 5.91 Å². The first-order chi connectivity index (χ1) is 25.4. The number of hydrogen-bond acceptors (Lipinski definition) is 7. The molecule has 0 saturated carbocycles. The molecule has 0 unspecified atom stereocenters. The largest absolute Gasteiger partial charge is 0.491 e. The highest BCUT2D eigenvalue weighted by atomic mass is 19.1. The molecule has 3 aromatic rings. The van der Waals surface area contributed by atoms with Gasteiger partial charge in [-0.1, -0.05) is 68.4 Å². The summed E-state index contributed by atoms with van der Waals surface area (Å²) in [6.45, 7) is 5.90. The van der Waals surface area contributed by atoms with E-state index in [2.05, 4.69) is 21.3 Å². The standard InChI is InChI=1S/C40H48FN5O7/c1-26(2)36-39(51)43-27(3)24-53-33-15-8-7-14-31(33)37(49)44-32(21-35(48)46(23-34(47)45-36)22-28-10-5-4-6-11-28)38(50)42-25-40(16-18-52-19-17-40)29-12-9-13-30(41)20-29/h4-15,20,26-27,32,36H,16-19,21-25H2,1-3H3,(H,42,50)(H,43,51)(H,44,49)(H,45,47)/t27-,32-,36+/m0/s1. The molecule has 12 nitrogen and oxygen atoms in total. The van der Waals surface area contributed by atoms with Gasteiger partial charge in [0.15, 0.2) is 0 Å². The summed E-state index contributed by atoms with van der Waals surface area (Å²) in [5, 5.41) is 11.3. The summed E-state index contributed by atoms with van der Waals surface area (Å²) in [4.78, 5) is 70.3. The maximum Gasteiger partial charge on any atom is 0.255 e. The predicted octanol–water partition coefficient (Wildman–Crippen LogP) is 3.25. The van der Waals surface area contributed by atoms with Crippen LogP contribution in [0, 0.1) is 11.7 Å². The molecule has 2 aliphatic heterocycles. The van der Waals surface area contributed by atoms with E-state index >= 15 is 0 Å². The van der Waals surface area contributed by atoms with E-state index in [0.717, 1.165) is 5.56 Å². The predicted molar refractivity (Wildman–Crippen MR) is 195 cm³/mol. The van der Waals surface area contributed by atoms with Crippen molar-refractivity contribution < 1.29 is 37.8 Å². The molecule has 1 saturated heterocycles. The van der Waals surface area contributed by atoms with Crippen molar-refractivity contribution in [3.63, 3.8) is 0 Å². The van der Waals surface area contributed by atoms with Crippen molar-refractivity contribution in [2.75, 3.05) is 32.9 Å². The van der Waals surface area contributed by atoms with Crippen molar-refractivity contribution in [1.82, 2.24) is 26.2 Å². The fourth-order valence-corrected chi connectivity index (χ4v) is 6.61. The third-order valence-corrected chi connectivity index (χ3v) is 9.67. The number of carbonyl (C=O) groups excluding carboxylic acids is 5. The second-order valence-electron chi connectivity index (χ2n) is 14.1. The minimum atomic E-state index is -1.37. The molecule has 0 aliphatic carbocycles. The van der Waals surface area contributed by atoms with E-state index < -0.39 is 71.9 Å². The van der Waals surface area contributed by atoms with E-state index in [1.807, 2.05) is 24.3 Å². The van der Waals surface area contributed by atoms with Crippen molar-refractivity contribution in [2.24, 2.45) is 5.92 Å². The van der Waals surface area contributed by atoms with E-state index in [1.54, 1.807) is 63.2 Å². The van der Waals surface area contributed by atoms with E-state index in [1.165, 1.54) is 17.0 Å². The molecule has 0 aromatic heterocycles. The Labute approximate surface area is 309 Å². The van der Waals surface area contributed by atoms with E-state index in [0.29, 0.717) is 31.6 Å². The van der Waals surface area contributed by atoms with Crippen LogP contribution in [-0.2, 0) is 35.9 Å². The minimum absolute atomic E-state index is 0.00786. The van der Waals surface area contributed by atoms with Gasteiger partial charge in [0.05, 0.1) is 24.6 Å². The third kappa shape index (κ3) is 10.4. The molecule has 3 aromatic carbocycles. The summed E-state index contributed by atoms with van der Waals surface area (Å²) in [6.07, 6.45) is 0.553. The van der Waals surface area contributed by atoms with Crippen molar-refractivity contribution in [3.8, 4) is 5.75 Å². The highest BCUT2D eigenvalue weighted by molar-refractivity contribution is 6.01. The highest BCUT2D eigenvalue weighted by Crippen LogP contribution is 2.34. The minimum Gasteiger partial charge on any atom is -0.491 e. The summed E-state index contributed by atoms with van der Waals surface area (Å²) in [6, 6.07) is 19.0. The molecular formula is C40H48FN5O7. The summed E-state index contributed by atoms with van der Waals surface area (Å²) in [5.74, 6) is -3.32. The average Bonchev–Trinajstić information content (AvgIpc) is 3.15. The van der Waals surface area contributed by atoms with E-state index in [4.69, 9.17) is 9.47 Å². The summed E-state index contributed by atoms with van der Waals surface area (Å²) in [5.41, 5.74) is 0.926. The lowest BCUT2D eigenvalue weighted by molar-refractivity contribution is -0.139. The first kappa shape index (κ1) is 38.9. The van der Waals surface area contributed by atoms with Crippen LogP contribution in [-0.4, -0.2) is 85.5 Å². The smallest absolute Gasteiger partial charge is 0.255 e. The van der Waals surface area contributed by atoms with Crippen LogP contribution in [0.2, 0.25) is 0 Å². The van der Waals surface area contributed by atoms with Gasteiger partial charge in [-0.3, -0.25) is 24.0 Å². The Morgan fingerprint density at radius 3 is 2.38 bits per heavy atom. The van der Waals surface area contributed by atoms with Gasteiger partial charge in [0.2, 0.25) is 23.6 Å². The third-order valence-electron chi connectivity index (χ3n) is 9.67. The normalized spacial score (nSPS) is 21.7. The second kappa shape index (κ2) is 18.0. The number of hydrogen-bond donors (Lipinski definition) is 4. The Kier molecular flexibility index (Phi) is 13.2. The van der Waals surface area contributed by atoms with Gasteiger partial charge in [0.1, 0.15) is 30.3 Å². The highest BCUT2D eigenvalue weighted by Gasteiger charge is 2.37. The molecule has 1 fully saturated rings. The lowest BCUT2D eigenvalue weighted by Crippen LogP contribution is -2.55. The number of carbonyl (C=O) groups is 5. The topological polar surface area (TPSA) is 155 Å². The zero-order valence-corrected chi connectivity index (χ0v) is 30.4. The van der Waals surface area contributed by atoms with Gasteiger partial charge in [-0.15, -0.1) is 0 Å². The Bertz CT molecular complexity index is 1760. The first-order valence-corrected chi connectivity index (χ1v) is 18.0. The number of nitrogens with one attached hydrogen (secondary N) is 4. The van der Waals surface area contributed by atoms with Crippen LogP contribution in [0.3, 0.4) is 0 Å². The Balaban J connectivity index is 1.48. The Morgan fingerprint density at radius 2 is 1.66 bits per heavy atom. The van der Waals surface area contributed by atoms with Crippen LogP contribution in [0.4, 0.5) is 4.39 Å². The van der Waals surface area contributed by atoms with Gasteiger partial charge in [-0.25, -0.2) is 4.39 Å². The van der Waals surface area contributed by atoms with Gasteiger partial charge in [0, 0.05) is 31.7 Å². The van der Waals surface area contributed by atoms with Gasteiger partial charge in [-0.05, 0) is 61.1 Å². The number of benzene rings is 3. The molecule has 3 atom stereocenters. The SMILES string of the molecule is CC(C)[C@H]1NC(=O)CN(Cc2ccccc2)C(=O)C[C@@H](C(=O)NCC2(c3cccc(F)c3)CCOCC2)NC(=O)c2ccccc2OC[C@H](C)NC1=O. The summed E-state index contributed by atoms with van der Waals surface area (Å²) < 4.78 is 26.0. The number of fused-ring (bicyclic) bond motifs is 1. The van der Waals surface area contributed by atoms with Crippen LogP contribution in [0.25, 0.3) is 0 Å². The van der Waals surface area contributed by atoms with Crippen molar-refractivity contribution in [1.29, 1.82) is 0 Å². The summed E-state index contributed by atoms with van der Waals surface area (Å²) >= 11 is 0. The fourth-order valence-electron chi connectivity index (χ4n) is 6.61. The van der Waals surface area contributed by atoms with Gasteiger partial charge >= 0.3 is 0 Å². The van der Waals surface area contributed by atoms with Crippen LogP contribution >= 0.6 is 0 Å². The maximum atomic E-state index is 14.4. The zero-order valence-electron chi connectivity index (χ0n) is 30.4. The Hall–Kier alpha value is -5.30. The molecule has 0 spiro atoms. The van der Waals surface area contributed by atoms with Crippen molar-refractivity contribution in [2.45, 2.75) is 70.1 Å². The molecule has 5 rings (SSSR count). The van der Waals surface area contributed by atoms with Gasteiger partial charge < -0.3 is 35.6 Å². The van der Waals surface area contributed by atoms with Crippen LogP contribution in [0.1, 0.15) is 61.5 Å². The maximum absolute atomic E-state index is 14.4. The van der Waals surface area contributed by atoms with Crippen molar-refractivity contribution in [3.05, 3.63) is 101 Å². The van der Waals surface area contributed by atoms with Gasteiger partial charge in [-0.2, -0.15) is 0 Å². The zero-order chi connectivity index (χ0) is 38.0. The molecule has 5 amide bonds. The molecule has 0 bridgehead atoms. The number of ether oxygens (including phenoxy) is 2. The van der Waals surface area contributed by atoms with Crippen LogP contribution < -0.4 is 26.0 Å². The molecule has 2 aliphatic rings. The van der Waals surface area contributed by atoms with E-state index in [9.17, 15) is 28.4 Å². The quantitative estimate of drug-likeness (QED) is 0.291. The Morgan fingerprint density at radius 1 is 0.943 bits per heavy atom. The molecule has 2 heterocycles. The van der Waals surface area contributed by atoms with Crippen LogP contribution in [0.15, 0.2) is 78.9 Å². The average molecular weight is 730 g/mol. The number of rotatable bonds is 7. The first-order valence-electron chi connectivity index (χ1n) is 18.0. The second-order valence-corrected chi connectivity index (χ2v) is 14.1. The summed E-state index contributed by atoms with van der Waals surface area (Å²) in [7, 11) is 0. The molecule has 282 valence electrons. The molecule has 53 heavy (non-hydrogen) atoms. The number of nitrogens with zero attached hydrogens (tertiary/aromatic N) is 1. The van der Waals surface area contributed by atoms with E-state index in [-0.39, 0.29) is 36.9 Å². The molecule has 13 heteroatoms. The molecular weight excluding hydrogens is 681 g/mol. The lowest BCUT2D eigenvalue weighted by Gasteiger charge is -2.38. The molecule has 4 N–H and O–H groups in total. The number of halogens is 1. The van der Waals surface area contributed by atoms with Crippen molar-refractivity contribution >= 4 is 29.5 Å². The monoisotopic (exact) mass is 729 g/mol. The number of amides is 5. The molecule has 0 radical (unpaired) electrons. The lowest BCUT2D eigenvalue weighted by atomic mass is 9.74. The number of para-hydroxylation sites is 1. The fraction of sp³-hybridized carbons (Fsp3) is 0.425.